The third kappa shape index (κ3) is 2.51. The molecule has 3 aromatic rings. The zero-order valence-corrected chi connectivity index (χ0v) is 14.5. The molecule has 2 amide bonds. The summed E-state index contributed by atoms with van der Waals surface area (Å²) in [6, 6.07) is 16.7. The molecule has 0 fully saturated rings. The molecule has 1 unspecified atom stereocenters. The van der Waals surface area contributed by atoms with Crippen LogP contribution in [0, 0.1) is 0 Å². The molecule has 0 saturated heterocycles. The lowest BCUT2D eigenvalue weighted by molar-refractivity contribution is 0.0644. The van der Waals surface area contributed by atoms with Gasteiger partial charge in [-0.25, -0.2) is 0 Å². The fourth-order valence-electron chi connectivity index (χ4n) is 3.86. The molecular weight excluding hydrogens is 340 g/mol. The van der Waals surface area contributed by atoms with Crippen LogP contribution in [0.2, 0.25) is 0 Å². The van der Waals surface area contributed by atoms with Crippen molar-refractivity contribution in [1.82, 2.24) is 9.88 Å². The Labute approximate surface area is 156 Å². The average Bonchev–Trinajstić information content (AvgIpc) is 2.86. The second-order valence-corrected chi connectivity index (χ2v) is 6.79. The SMILES string of the molecule is O=C1c2ccccc2C(=O)N1CC1Cc2ccncc2Oc2ccccc21. The van der Waals surface area contributed by atoms with Crippen LogP contribution in [0.15, 0.2) is 67.0 Å². The highest BCUT2D eigenvalue weighted by molar-refractivity contribution is 6.21. The van der Waals surface area contributed by atoms with E-state index in [1.54, 1.807) is 36.7 Å². The maximum absolute atomic E-state index is 12.8. The first-order valence-corrected chi connectivity index (χ1v) is 8.87. The number of imide groups is 1. The summed E-state index contributed by atoms with van der Waals surface area (Å²) in [7, 11) is 0. The van der Waals surface area contributed by atoms with E-state index in [4.69, 9.17) is 4.74 Å². The van der Waals surface area contributed by atoms with Crippen molar-refractivity contribution in [3.63, 3.8) is 0 Å². The summed E-state index contributed by atoms with van der Waals surface area (Å²) in [5, 5.41) is 0. The molecule has 2 aromatic carbocycles. The molecule has 0 aliphatic carbocycles. The summed E-state index contributed by atoms with van der Waals surface area (Å²) in [6.45, 7) is 0.314. The van der Waals surface area contributed by atoms with E-state index in [1.807, 2.05) is 30.3 Å². The summed E-state index contributed by atoms with van der Waals surface area (Å²) < 4.78 is 6.06. The van der Waals surface area contributed by atoms with Crippen molar-refractivity contribution in [3.8, 4) is 11.5 Å². The van der Waals surface area contributed by atoms with Gasteiger partial charge in [-0.3, -0.25) is 19.5 Å². The molecule has 2 aliphatic heterocycles. The Hall–Kier alpha value is -3.47. The van der Waals surface area contributed by atoms with Crippen molar-refractivity contribution in [3.05, 3.63) is 89.2 Å². The minimum absolute atomic E-state index is 0.0490. The van der Waals surface area contributed by atoms with Crippen LogP contribution in [0.1, 0.15) is 37.8 Å². The van der Waals surface area contributed by atoms with Crippen molar-refractivity contribution >= 4 is 11.8 Å². The summed E-state index contributed by atoms with van der Waals surface area (Å²) in [4.78, 5) is 31.1. The zero-order valence-electron chi connectivity index (χ0n) is 14.5. The van der Waals surface area contributed by atoms with E-state index < -0.39 is 0 Å². The molecule has 1 aromatic heterocycles. The molecule has 0 N–H and O–H groups in total. The maximum Gasteiger partial charge on any atom is 0.261 e. The van der Waals surface area contributed by atoms with E-state index in [0.29, 0.717) is 24.1 Å². The Morgan fingerprint density at radius 2 is 1.63 bits per heavy atom. The van der Waals surface area contributed by atoms with Crippen molar-refractivity contribution in [2.75, 3.05) is 6.54 Å². The van der Waals surface area contributed by atoms with Crippen LogP contribution in [0.3, 0.4) is 0 Å². The van der Waals surface area contributed by atoms with E-state index in [0.717, 1.165) is 22.6 Å². The molecule has 2 aliphatic rings. The Morgan fingerprint density at radius 3 is 2.41 bits per heavy atom. The van der Waals surface area contributed by atoms with Gasteiger partial charge in [0.15, 0.2) is 0 Å². The maximum atomic E-state index is 12.8. The number of nitrogens with zero attached hydrogens (tertiary/aromatic N) is 2. The van der Waals surface area contributed by atoms with Gasteiger partial charge in [0.25, 0.3) is 11.8 Å². The average molecular weight is 356 g/mol. The van der Waals surface area contributed by atoms with E-state index in [1.165, 1.54) is 4.90 Å². The van der Waals surface area contributed by atoms with E-state index in [2.05, 4.69) is 4.98 Å². The van der Waals surface area contributed by atoms with Crippen LogP contribution in [0.25, 0.3) is 0 Å². The first-order chi connectivity index (χ1) is 13.2. The van der Waals surface area contributed by atoms with Gasteiger partial charge in [0.2, 0.25) is 0 Å². The lowest BCUT2D eigenvalue weighted by atomic mass is 9.91. The van der Waals surface area contributed by atoms with Crippen molar-refractivity contribution in [2.45, 2.75) is 12.3 Å². The second-order valence-electron chi connectivity index (χ2n) is 6.79. The summed E-state index contributed by atoms with van der Waals surface area (Å²) in [5.41, 5.74) is 2.96. The Balaban J connectivity index is 1.54. The first-order valence-electron chi connectivity index (χ1n) is 8.87. The van der Waals surface area contributed by atoms with Crippen LogP contribution >= 0.6 is 0 Å². The lowest BCUT2D eigenvalue weighted by Gasteiger charge is -2.22. The second kappa shape index (κ2) is 6.06. The standard InChI is InChI=1S/C22H16N2O3/c25-21-17-6-1-2-7-18(17)22(26)24(21)13-15-11-14-9-10-23-12-20(14)27-19-8-4-3-5-16(15)19/h1-10,12,15H,11,13H2. The smallest absolute Gasteiger partial charge is 0.261 e. The molecule has 0 spiro atoms. The van der Waals surface area contributed by atoms with Gasteiger partial charge in [0, 0.05) is 18.7 Å². The summed E-state index contributed by atoms with van der Waals surface area (Å²) >= 11 is 0. The van der Waals surface area contributed by atoms with Crippen LogP contribution < -0.4 is 4.74 Å². The molecule has 0 radical (unpaired) electrons. The van der Waals surface area contributed by atoms with Gasteiger partial charge in [-0.05, 0) is 41.8 Å². The molecule has 27 heavy (non-hydrogen) atoms. The van der Waals surface area contributed by atoms with Gasteiger partial charge in [-0.1, -0.05) is 30.3 Å². The highest BCUT2D eigenvalue weighted by atomic mass is 16.5. The van der Waals surface area contributed by atoms with Gasteiger partial charge in [0.05, 0.1) is 17.3 Å². The molecule has 132 valence electrons. The van der Waals surface area contributed by atoms with Gasteiger partial charge < -0.3 is 4.74 Å². The number of aromatic nitrogens is 1. The van der Waals surface area contributed by atoms with Crippen molar-refractivity contribution < 1.29 is 14.3 Å². The number of carbonyl (C=O) groups excluding carboxylic acids is 2. The molecular formula is C22H16N2O3. The zero-order chi connectivity index (χ0) is 18.4. The van der Waals surface area contributed by atoms with Crippen LogP contribution in [-0.2, 0) is 6.42 Å². The number of pyridine rings is 1. The minimum Gasteiger partial charge on any atom is -0.455 e. The normalized spacial score (nSPS) is 17.6. The molecule has 5 heteroatoms. The van der Waals surface area contributed by atoms with Gasteiger partial charge in [-0.15, -0.1) is 0 Å². The monoisotopic (exact) mass is 356 g/mol. The predicted molar refractivity (Wildman–Crippen MR) is 99.0 cm³/mol. The number of fused-ring (bicyclic) bond motifs is 3. The van der Waals surface area contributed by atoms with Crippen molar-refractivity contribution in [2.24, 2.45) is 0 Å². The fraction of sp³-hybridized carbons (Fsp3) is 0.136. The van der Waals surface area contributed by atoms with Crippen LogP contribution in [0.5, 0.6) is 11.5 Å². The number of para-hydroxylation sites is 1. The number of ether oxygens (including phenoxy) is 1. The highest BCUT2D eigenvalue weighted by Gasteiger charge is 2.37. The first kappa shape index (κ1) is 15.8. The largest absolute Gasteiger partial charge is 0.455 e. The van der Waals surface area contributed by atoms with Gasteiger partial charge in [0.1, 0.15) is 11.5 Å². The molecule has 0 saturated carbocycles. The van der Waals surface area contributed by atoms with E-state index >= 15 is 0 Å². The quantitative estimate of drug-likeness (QED) is 0.655. The number of amides is 2. The molecule has 1 atom stereocenters. The van der Waals surface area contributed by atoms with Crippen molar-refractivity contribution in [1.29, 1.82) is 0 Å². The summed E-state index contributed by atoms with van der Waals surface area (Å²) in [5.74, 6) is 0.953. The molecule has 0 bridgehead atoms. The number of benzene rings is 2. The van der Waals surface area contributed by atoms with E-state index in [9.17, 15) is 9.59 Å². The topological polar surface area (TPSA) is 59.5 Å². The summed E-state index contributed by atoms with van der Waals surface area (Å²) in [6.07, 6.45) is 4.11. The third-order valence-corrected chi connectivity index (χ3v) is 5.20. The highest BCUT2D eigenvalue weighted by Crippen LogP contribution is 2.40. The molecule has 5 rings (SSSR count). The lowest BCUT2D eigenvalue weighted by Crippen LogP contribution is -2.34. The predicted octanol–water partition coefficient (Wildman–Crippen LogP) is 3.81. The van der Waals surface area contributed by atoms with E-state index in [-0.39, 0.29) is 17.7 Å². The Morgan fingerprint density at radius 1 is 0.926 bits per heavy atom. The number of carbonyl (C=O) groups is 2. The van der Waals surface area contributed by atoms with Gasteiger partial charge in [-0.2, -0.15) is 0 Å². The fourth-order valence-corrected chi connectivity index (χ4v) is 3.86. The molecule has 3 heterocycles. The third-order valence-electron chi connectivity index (χ3n) is 5.20. The Bertz CT molecular complexity index is 1040. The number of rotatable bonds is 2. The minimum atomic E-state index is -0.229. The van der Waals surface area contributed by atoms with Crippen LogP contribution in [0.4, 0.5) is 0 Å². The number of hydrogen-bond donors (Lipinski definition) is 0. The van der Waals surface area contributed by atoms with Crippen LogP contribution in [-0.4, -0.2) is 28.2 Å². The van der Waals surface area contributed by atoms with Gasteiger partial charge >= 0.3 is 0 Å². The number of hydrogen-bond acceptors (Lipinski definition) is 4. The molecule has 5 nitrogen and oxygen atoms in total. The Kier molecular flexibility index (Phi) is 3.53.